The number of nitrogens with zero attached hydrogens (tertiary/aromatic N) is 2. The fraction of sp³-hybridized carbons (Fsp3) is 0.478. The van der Waals surface area contributed by atoms with Gasteiger partial charge in [0.2, 0.25) is 0 Å². The molecule has 1 aliphatic rings. The largest absolute Gasteiger partial charge is 0.465 e. The molecule has 152 valence electrons. The van der Waals surface area contributed by atoms with Crippen molar-refractivity contribution in [1.29, 1.82) is 0 Å². The lowest BCUT2D eigenvalue weighted by atomic mass is 10.0. The molecule has 2 aromatic rings. The van der Waals surface area contributed by atoms with Crippen molar-refractivity contribution in [3.05, 3.63) is 59.9 Å². The summed E-state index contributed by atoms with van der Waals surface area (Å²) in [6, 6.07) is 11.6. The molecule has 1 fully saturated rings. The van der Waals surface area contributed by atoms with Gasteiger partial charge < -0.3 is 10.4 Å². The highest BCUT2D eigenvalue weighted by Crippen LogP contribution is 2.23. The van der Waals surface area contributed by atoms with Crippen molar-refractivity contribution < 1.29 is 9.90 Å². The molecule has 28 heavy (non-hydrogen) atoms. The Morgan fingerprint density at radius 3 is 2.25 bits per heavy atom. The van der Waals surface area contributed by atoms with E-state index in [1.807, 2.05) is 36.4 Å². The first-order valence-electron chi connectivity index (χ1n) is 10.3. The topological polar surface area (TPSA) is 65.5 Å². The molecular formula is C23H33N3O2. The highest BCUT2D eigenvalue weighted by atomic mass is 16.4. The SMILES string of the molecule is C1CCCCC1.CC(C)NCc1ccccc1N(Cc1cccnc1)C(=O)O. The Balaban J connectivity index is 0.000000397. The van der Waals surface area contributed by atoms with E-state index in [2.05, 4.69) is 24.1 Å². The summed E-state index contributed by atoms with van der Waals surface area (Å²) in [6.45, 7) is 5.03. The molecule has 0 spiro atoms. The summed E-state index contributed by atoms with van der Waals surface area (Å²) < 4.78 is 0. The van der Waals surface area contributed by atoms with Crippen LogP contribution in [0.1, 0.15) is 63.5 Å². The molecule has 1 saturated carbocycles. The third kappa shape index (κ3) is 7.69. The molecule has 0 saturated heterocycles. The van der Waals surface area contributed by atoms with Crippen LogP contribution in [0.25, 0.3) is 0 Å². The van der Waals surface area contributed by atoms with Crippen LogP contribution in [0.4, 0.5) is 10.5 Å². The van der Waals surface area contributed by atoms with Gasteiger partial charge in [0, 0.05) is 25.0 Å². The number of anilines is 1. The van der Waals surface area contributed by atoms with Gasteiger partial charge in [0.15, 0.2) is 0 Å². The van der Waals surface area contributed by atoms with E-state index < -0.39 is 6.09 Å². The maximum absolute atomic E-state index is 11.7. The first-order chi connectivity index (χ1) is 13.6. The van der Waals surface area contributed by atoms with Crippen LogP contribution in [-0.4, -0.2) is 22.2 Å². The summed E-state index contributed by atoms with van der Waals surface area (Å²) in [6.07, 6.45) is 11.4. The van der Waals surface area contributed by atoms with Gasteiger partial charge in [-0.05, 0) is 23.3 Å². The van der Waals surface area contributed by atoms with Crippen LogP contribution >= 0.6 is 0 Å². The first kappa shape index (κ1) is 21.9. The van der Waals surface area contributed by atoms with E-state index in [1.165, 1.54) is 43.4 Å². The van der Waals surface area contributed by atoms with Gasteiger partial charge in [0.25, 0.3) is 0 Å². The van der Waals surface area contributed by atoms with Crippen molar-refractivity contribution in [1.82, 2.24) is 10.3 Å². The third-order valence-corrected chi connectivity index (χ3v) is 4.78. The normalized spacial score (nSPS) is 13.5. The first-order valence-corrected chi connectivity index (χ1v) is 10.3. The van der Waals surface area contributed by atoms with E-state index in [9.17, 15) is 9.90 Å². The average molecular weight is 384 g/mol. The fourth-order valence-electron chi connectivity index (χ4n) is 3.23. The second kappa shape index (κ2) is 12.1. The minimum absolute atomic E-state index is 0.280. The Hall–Kier alpha value is -2.40. The Labute approximate surface area is 168 Å². The number of aromatic nitrogens is 1. The summed E-state index contributed by atoms with van der Waals surface area (Å²) in [4.78, 5) is 17.1. The zero-order valence-electron chi connectivity index (χ0n) is 17.1. The molecule has 2 N–H and O–H groups in total. The molecule has 0 aliphatic heterocycles. The molecular weight excluding hydrogens is 350 g/mol. The molecule has 1 aliphatic carbocycles. The molecule has 1 aromatic heterocycles. The van der Waals surface area contributed by atoms with E-state index in [0.717, 1.165) is 11.1 Å². The predicted molar refractivity (Wildman–Crippen MR) is 115 cm³/mol. The molecule has 3 rings (SSSR count). The van der Waals surface area contributed by atoms with Gasteiger partial charge in [0.1, 0.15) is 0 Å². The van der Waals surface area contributed by atoms with Crippen molar-refractivity contribution in [2.24, 2.45) is 0 Å². The van der Waals surface area contributed by atoms with Crippen molar-refractivity contribution in [3.8, 4) is 0 Å². The molecule has 5 heteroatoms. The second-order valence-corrected chi connectivity index (χ2v) is 7.52. The molecule has 0 bridgehead atoms. The molecule has 0 unspecified atom stereocenters. The number of pyridine rings is 1. The summed E-state index contributed by atoms with van der Waals surface area (Å²) in [7, 11) is 0. The molecule has 0 atom stereocenters. The van der Waals surface area contributed by atoms with Crippen molar-refractivity contribution in [3.63, 3.8) is 0 Å². The monoisotopic (exact) mass is 383 g/mol. The number of para-hydroxylation sites is 1. The number of nitrogens with one attached hydrogen (secondary N) is 1. The van der Waals surface area contributed by atoms with Crippen LogP contribution in [0.5, 0.6) is 0 Å². The lowest BCUT2D eigenvalue weighted by Crippen LogP contribution is -2.31. The van der Waals surface area contributed by atoms with Gasteiger partial charge >= 0.3 is 6.09 Å². The number of hydrogen-bond acceptors (Lipinski definition) is 3. The van der Waals surface area contributed by atoms with Crippen molar-refractivity contribution in [2.75, 3.05) is 4.90 Å². The van der Waals surface area contributed by atoms with E-state index >= 15 is 0 Å². The number of rotatable bonds is 6. The minimum Gasteiger partial charge on any atom is -0.465 e. The average Bonchev–Trinajstić information content (AvgIpc) is 2.73. The lowest BCUT2D eigenvalue weighted by molar-refractivity contribution is 0.201. The standard InChI is InChI=1S/C17H21N3O2.C6H12/c1-13(2)19-11-15-7-3-4-8-16(15)20(17(21)22)12-14-6-5-9-18-10-14;1-2-4-6-5-3-1/h3-10,13,19H,11-12H2,1-2H3,(H,21,22);1-6H2. The predicted octanol–water partition coefficient (Wildman–Crippen LogP) is 5.60. The number of hydrogen-bond donors (Lipinski definition) is 2. The molecule has 1 heterocycles. The highest BCUT2D eigenvalue weighted by Gasteiger charge is 2.18. The van der Waals surface area contributed by atoms with Crippen LogP contribution in [0.15, 0.2) is 48.8 Å². The van der Waals surface area contributed by atoms with E-state index in [-0.39, 0.29) is 6.54 Å². The van der Waals surface area contributed by atoms with Gasteiger partial charge in [-0.1, -0.05) is 76.6 Å². The third-order valence-electron chi connectivity index (χ3n) is 4.78. The number of benzene rings is 1. The summed E-state index contributed by atoms with van der Waals surface area (Å²) in [5.74, 6) is 0. The smallest absolute Gasteiger partial charge is 0.412 e. The van der Waals surface area contributed by atoms with E-state index in [0.29, 0.717) is 18.3 Å². The lowest BCUT2D eigenvalue weighted by Gasteiger charge is -2.23. The fourth-order valence-corrected chi connectivity index (χ4v) is 3.23. The Morgan fingerprint density at radius 2 is 1.71 bits per heavy atom. The number of amides is 1. The molecule has 1 amide bonds. The summed E-state index contributed by atoms with van der Waals surface area (Å²) in [5, 5.41) is 12.9. The zero-order chi connectivity index (χ0) is 20.2. The van der Waals surface area contributed by atoms with E-state index in [1.54, 1.807) is 12.4 Å². The zero-order valence-corrected chi connectivity index (χ0v) is 17.1. The van der Waals surface area contributed by atoms with Gasteiger partial charge in [-0.15, -0.1) is 0 Å². The van der Waals surface area contributed by atoms with Crippen LogP contribution in [-0.2, 0) is 13.1 Å². The van der Waals surface area contributed by atoms with Crippen molar-refractivity contribution in [2.45, 2.75) is 71.5 Å². The van der Waals surface area contributed by atoms with Gasteiger partial charge in [-0.3, -0.25) is 9.88 Å². The number of carboxylic acid groups (broad SMARTS) is 1. The number of carbonyl (C=O) groups is 1. The van der Waals surface area contributed by atoms with Gasteiger partial charge in [-0.2, -0.15) is 0 Å². The summed E-state index contributed by atoms with van der Waals surface area (Å²) in [5.41, 5.74) is 2.52. The maximum atomic E-state index is 11.7. The summed E-state index contributed by atoms with van der Waals surface area (Å²) >= 11 is 0. The Kier molecular flexibility index (Phi) is 9.49. The van der Waals surface area contributed by atoms with E-state index in [4.69, 9.17) is 0 Å². The second-order valence-electron chi connectivity index (χ2n) is 7.52. The van der Waals surface area contributed by atoms with Crippen LogP contribution in [0.3, 0.4) is 0 Å². The Bertz CT molecular complexity index is 688. The van der Waals surface area contributed by atoms with Crippen LogP contribution in [0, 0.1) is 0 Å². The van der Waals surface area contributed by atoms with Crippen LogP contribution in [0.2, 0.25) is 0 Å². The highest BCUT2D eigenvalue weighted by molar-refractivity contribution is 5.87. The maximum Gasteiger partial charge on any atom is 0.412 e. The minimum atomic E-state index is -0.971. The van der Waals surface area contributed by atoms with Gasteiger partial charge in [0.05, 0.1) is 12.2 Å². The van der Waals surface area contributed by atoms with Crippen molar-refractivity contribution >= 4 is 11.8 Å². The van der Waals surface area contributed by atoms with Crippen LogP contribution < -0.4 is 10.2 Å². The van der Waals surface area contributed by atoms with Gasteiger partial charge in [-0.25, -0.2) is 4.79 Å². The quantitative estimate of drug-likeness (QED) is 0.681. The Morgan fingerprint density at radius 1 is 1.07 bits per heavy atom. The molecule has 5 nitrogen and oxygen atoms in total. The molecule has 1 aromatic carbocycles. The molecule has 0 radical (unpaired) electrons.